The lowest BCUT2D eigenvalue weighted by atomic mass is 10.4. The van der Waals surface area contributed by atoms with Gasteiger partial charge in [-0.25, -0.2) is 0 Å². The molecule has 0 bridgehead atoms. The fourth-order valence-corrected chi connectivity index (χ4v) is 2.74. The minimum Gasteiger partial charge on any atom is -0.315 e. The summed E-state index contributed by atoms with van der Waals surface area (Å²) in [5.41, 5.74) is 0. The van der Waals surface area contributed by atoms with Crippen molar-refractivity contribution in [1.29, 1.82) is 0 Å². The van der Waals surface area contributed by atoms with E-state index >= 15 is 0 Å². The Morgan fingerprint density at radius 1 is 0.192 bits per heavy atom. The second kappa shape index (κ2) is 21.0. The second-order valence-corrected chi connectivity index (χ2v) is 6.71. The van der Waals surface area contributed by atoms with Gasteiger partial charge in [0.25, 0.3) is 0 Å². The molecule has 1 rings (SSSR count). The smallest absolute Gasteiger partial charge is 0.00772 e. The molecule has 0 spiro atoms. The maximum absolute atomic E-state index is 3.49. The Kier molecular flexibility index (Phi) is 19.1. The highest BCUT2D eigenvalue weighted by Gasteiger charge is 1.93. The van der Waals surface area contributed by atoms with Gasteiger partial charge in [-0.15, -0.1) is 0 Å². The third-order valence-corrected chi connectivity index (χ3v) is 4.29. The summed E-state index contributed by atoms with van der Waals surface area (Å²) in [6.45, 7) is 16.8. The monoisotopic (exact) mass is 372 g/mol. The Morgan fingerprint density at radius 3 is 0.538 bits per heavy atom. The predicted octanol–water partition coefficient (Wildman–Crippen LogP) is -2.50. The van der Waals surface area contributed by atoms with E-state index in [1.54, 1.807) is 0 Å². The molecule has 8 nitrogen and oxygen atoms in total. The van der Waals surface area contributed by atoms with Crippen LogP contribution < -0.4 is 42.5 Å². The van der Waals surface area contributed by atoms with Gasteiger partial charge in [0.15, 0.2) is 0 Å². The van der Waals surface area contributed by atoms with Crippen LogP contribution in [0.4, 0.5) is 0 Å². The summed E-state index contributed by atoms with van der Waals surface area (Å²) in [6.07, 6.45) is 2.37. The quantitative estimate of drug-likeness (QED) is 0.236. The zero-order valence-electron chi connectivity index (χ0n) is 16.7. The minimum absolute atomic E-state index is 1.03. The molecular weight excluding hydrogens is 328 g/mol. The lowest BCUT2D eigenvalue weighted by Gasteiger charge is -2.10. The van der Waals surface area contributed by atoms with E-state index in [1.807, 2.05) is 0 Å². The van der Waals surface area contributed by atoms with Crippen molar-refractivity contribution >= 4 is 0 Å². The fourth-order valence-electron chi connectivity index (χ4n) is 2.74. The third kappa shape index (κ3) is 18.5. The van der Waals surface area contributed by atoms with Gasteiger partial charge in [0.1, 0.15) is 0 Å². The van der Waals surface area contributed by atoms with E-state index in [9.17, 15) is 0 Å². The van der Waals surface area contributed by atoms with Crippen molar-refractivity contribution in [3.63, 3.8) is 0 Å². The van der Waals surface area contributed by atoms with E-state index in [0.29, 0.717) is 0 Å². The molecule has 8 heteroatoms. The van der Waals surface area contributed by atoms with Crippen LogP contribution in [0.2, 0.25) is 0 Å². The van der Waals surface area contributed by atoms with Gasteiger partial charge in [0.2, 0.25) is 0 Å². The van der Waals surface area contributed by atoms with Gasteiger partial charge < -0.3 is 42.5 Å². The number of nitrogens with one attached hydrogen (secondary N) is 8. The predicted molar refractivity (Wildman–Crippen MR) is 112 cm³/mol. The van der Waals surface area contributed by atoms with Gasteiger partial charge in [-0.1, -0.05) is 0 Å². The minimum atomic E-state index is 1.03. The van der Waals surface area contributed by atoms with Crippen LogP contribution in [0.25, 0.3) is 0 Å². The lowest BCUT2D eigenvalue weighted by Crippen LogP contribution is -2.37. The average Bonchev–Trinajstić information content (AvgIpc) is 2.65. The van der Waals surface area contributed by atoms with Crippen LogP contribution in [0.15, 0.2) is 0 Å². The Hall–Kier alpha value is -0.320. The molecule has 1 saturated heterocycles. The van der Waals surface area contributed by atoms with Gasteiger partial charge in [0, 0.05) is 78.5 Å². The molecule has 0 aromatic heterocycles. The molecule has 8 N–H and O–H groups in total. The topological polar surface area (TPSA) is 96.2 Å². The Bertz CT molecular complexity index is 145. The Balaban J connectivity index is 2.00. The summed E-state index contributed by atoms with van der Waals surface area (Å²) in [7, 11) is 0. The number of hydrogen-bond donors (Lipinski definition) is 8. The van der Waals surface area contributed by atoms with Crippen LogP contribution in [0.3, 0.4) is 0 Å². The van der Waals surface area contributed by atoms with Crippen molar-refractivity contribution in [2.75, 3.05) is 105 Å². The summed E-state index contributed by atoms with van der Waals surface area (Å²) in [5, 5.41) is 27.8. The highest BCUT2D eigenvalue weighted by atomic mass is 15.0. The molecular formula is C18H44N8. The molecule has 1 aliphatic rings. The first-order valence-electron chi connectivity index (χ1n) is 10.7. The van der Waals surface area contributed by atoms with Crippen molar-refractivity contribution in [3.05, 3.63) is 0 Å². The first-order chi connectivity index (χ1) is 13.0. The molecule has 0 saturated carbocycles. The van der Waals surface area contributed by atoms with Crippen LogP contribution in [0.1, 0.15) is 12.8 Å². The molecule has 1 aliphatic heterocycles. The van der Waals surface area contributed by atoms with E-state index in [1.165, 1.54) is 12.8 Å². The molecule has 1 fully saturated rings. The fraction of sp³-hybridized carbons (Fsp3) is 1.00. The molecule has 0 unspecified atom stereocenters. The molecule has 0 aromatic carbocycles. The van der Waals surface area contributed by atoms with Crippen LogP contribution in [-0.2, 0) is 0 Å². The average molecular weight is 373 g/mol. The van der Waals surface area contributed by atoms with Crippen LogP contribution in [-0.4, -0.2) is 105 Å². The summed E-state index contributed by atoms with van der Waals surface area (Å²) in [5.74, 6) is 0. The van der Waals surface area contributed by atoms with E-state index in [0.717, 1.165) is 105 Å². The van der Waals surface area contributed by atoms with Crippen molar-refractivity contribution in [3.8, 4) is 0 Å². The standard InChI is InChI=1S/C18H44N8/c1-3-19-7-11-23-12-8-20-4-2-6-22-10-14-25-16-18-26-17-15-24-13-9-21-5-1/h19-26H,1-18H2. The summed E-state index contributed by atoms with van der Waals surface area (Å²) < 4.78 is 0. The highest BCUT2D eigenvalue weighted by Crippen LogP contribution is 1.74. The zero-order valence-corrected chi connectivity index (χ0v) is 16.7. The van der Waals surface area contributed by atoms with Crippen molar-refractivity contribution in [1.82, 2.24) is 42.5 Å². The number of rotatable bonds is 0. The highest BCUT2D eigenvalue weighted by molar-refractivity contribution is 4.60. The van der Waals surface area contributed by atoms with Crippen molar-refractivity contribution in [2.45, 2.75) is 12.8 Å². The molecule has 0 atom stereocenters. The molecule has 0 radical (unpaired) electrons. The summed E-state index contributed by atoms with van der Waals surface area (Å²) >= 11 is 0. The van der Waals surface area contributed by atoms with Crippen molar-refractivity contribution in [2.24, 2.45) is 0 Å². The van der Waals surface area contributed by atoms with Gasteiger partial charge in [-0.05, 0) is 39.0 Å². The largest absolute Gasteiger partial charge is 0.315 e. The van der Waals surface area contributed by atoms with Gasteiger partial charge >= 0.3 is 0 Å². The zero-order chi connectivity index (χ0) is 18.4. The molecule has 156 valence electrons. The van der Waals surface area contributed by atoms with Crippen molar-refractivity contribution < 1.29 is 0 Å². The van der Waals surface area contributed by atoms with E-state index in [-0.39, 0.29) is 0 Å². The molecule has 26 heavy (non-hydrogen) atoms. The SMILES string of the molecule is C1CNCCNCCNCCCNCCNCCNCCNCCNC1. The lowest BCUT2D eigenvalue weighted by molar-refractivity contribution is 0.532. The van der Waals surface area contributed by atoms with Crippen LogP contribution in [0.5, 0.6) is 0 Å². The summed E-state index contributed by atoms with van der Waals surface area (Å²) in [6, 6.07) is 0. The second-order valence-electron chi connectivity index (χ2n) is 6.71. The van der Waals surface area contributed by atoms with Crippen LogP contribution in [0, 0.1) is 0 Å². The van der Waals surface area contributed by atoms with Crippen LogP contribution >= 0.6 is 0 Å². The third-order valence-electron chi connectivity index (χ3n) is 4.29. The van der Waals surface area contributed by atoms with E-state index in [2.05, 4.69) is 42.5 Å². The first-order valence-corrected chi connectivity index (χ1v) is 10.7. The maximum Gasteiger partial charge on any atom is 0.00772 e. The van der Waals surface area contributed by atoms with E-state index in [4.69, 9.17) is 0 Å². The molecule has 0 aromatic rings. The normalized spacial score (nSPS) is 24.0. The van der Waals surface area contributed by atoms with E-state index < -0.39 is 0 Å². The molecule has 1 heterocycles. The maximum atomic E-state index is 3.49. The number of hydrogen-bond acceptors (Lipinski definition) is 8. The van der Waals surface area contributed by atoms with Gasteiger partial charge in [-0.3, -0.25) is 0 Å². The van der Waals surface area contributed by atoms with Gasteiger partial charge in [-0.2, -0.15) is 0 Å². The van der Waals surface area contributed by atoms with Gasteiger partial charge in [0.05, 0.1) is 0 Å². The summed E-state index contributed by atoms with van der Waals surface area (Å²) in [4.78, 5) is 0. The Morgan fingerprint density at radius 2 is 0.346 bits per heavy atom. The Labute approximate surface area is 160 Å². The first kappa shape index (κ1) is 23.7. The molecule has 0 aliphatic carbocycles. The molecule has 0 amide bonds.